The molecule has 0 aliphatic heterocycles. The van der Waals surface area contributed by atoms with E-state index >= 15 is 0 Å². The third kappa shape index (κ3) is 3.52. The molecule has 1 aliphatic rings. The number of aromatic nitrogens is 6. The molecule has 0 amide bonds. The van der Waals surface area contributed by atoms with Crippen LogP contribution in [0.3, 0.4) is 0 Å². The third-order valence-corrected chi connectivity index (χ3v) is 5.42. The normalized spacial score (nSPS) is 16.0. The summed E-state index contributed by atoms with van der Waals surface area (Å²) in [7, 11) is 0. The summed E-state index contributed by atoms with van der Waals surface area (Å²) in [5, 5.41) is 7.69. The van der Waals surface area contributed by atoms with E-state index in [1.807, 2.05) is 26.0 Å². The highest BCUT2D eigenvalue weighted by molar-refractivity contribution is 5.90. The number of ketones is 1. The average Bonchev–Trinajstić information content (AvgIpc) is 3.19. The number of Topliss-reactive ketones (excluding diaryl/α,β-unsaturated/α-hetero) is 1. The number of carbonyl (C=O) groups excluding carboxylic acids is 1. The molecule has 8 nitrogen and oxygen atoms in total. The van der Waals surface area contributed by atoms with Gasteiger partial charge in [0.05, 0.1) is 30.6 Å². The molecular formula is C22H20FN7O. The van der Waals surface area contributed by atoms with Crippen LogP contribution in [-0.2, 0) is 17.6 Å². The highest BCUT2D eigenvalue weighted by Gasteiger charge is 2.28. The van der Waals surface area contributed by atoms with Crippen LogP contribution < -0.4 is 5.32 Å². The van der Waals surface area contributed by atoms with E-state index in [9.17, 15) is 9.18 Å². The second-order valence-electron chi connectivity index (χ2n) is 7.91. The van der Waals surface area contributed by atoms with Crippen molar-refractivity contribution in [3.8, 4) is 11.4 Å². The van der Waals surface area contributed by atoms with Crippen molar-refractivity contribution in [1.29, 1.82) is 0 Å². The molecule has 156 valence electrons. The van der Waals surface area contributed by atoms with Crippen LogP contribution in [0.15, 0.2) is 43.0 Å². The second-order valence-corrected chi connectivity index (χ2v) is 7.91. The lowest BCUT2D eigenvalue weighted by Gasteiger charge is -2.24. The van der Waals surface area contributed by atoms with Gasteiger partial charge >= 0.3 is 0 Å². The van der Waals surface area contributed by atoms with Crippen LogP contribution in [0.25, 0.3) is 17.0 Å². The quantitative estimate of drug-likeness (QED) is 0.545. The second kappa shape index (κ2) is 7.50. The highest BCUT2D eigenvalue weighted by atomic mass is 19.1. The number of pyridine rings is 2. The van der Waals surface area contributed by atoms with Crippen LogP contribution in [-0.4, -0.2) is 41.4 Å². The average molecular weight is 417 g/mol. The molecule has 4 aromatic heterocycles. The van der Waals surface area contributed by atoms with Crippen molar-refractivity contribution in [3.63, 3.8) is 0 Å². The van der Waals surface area contributed by atoms with E-state index in [-0.39, 0.29) is 18.1 Å². The largest absolute Gasteiger partial charge is 0.344 e. The lowest BCUT2D eigenvalue weighted by molar-refractivity contribution is -0.119. The van der Waals surface area contributed by atoms with Gasteiger partial charge in [-0.2, -0.15) is 14.6 Å². The highest BCUT2D eigenvalue weighted by Crippen LogP contribution is 2.26. The SMILES string of the molecule is CC(C)c1cnn2c(NC3Cc4cccnc4CC3=O)nc(-c3cncc(F)c3)nc12. The molecule has 5 rings (SSSR count). The predicted octanol–water partition coefficient (Wildman–Crippen LogP) is 2.99. The summed E-state index contributed by atoms with van der Waals surface area (Å²) < 4.78 is 15.4. The third-order valence-electron chi connectivity index (χ3n) is 5.42. The van der Waals surface area contributed by atoms with E-state index in [4.69, 9.17) is 0 Å². The Labute approximate surface area is 177 Å². The lowest BCUT2D eigenvalue weighted by Crippen LogP contribution is -2.38. The standard InChI is InChI=1S/C22H20FN7O/c1-12(2)16-11-26-30-21(16)28-20(14-6-15(23)10-24-9-14)29-22(30)27-18-7-13-4-3-5-25-17(13)8-19(18)31/h3-6,9-12,18H,7-8H2,1-2H3,(H,27,28,29). The topological polar surface area (TPSA) is 98.0 Å². The van der Waals surface area contributed by atoms with E-state index in [2.05, 4.69) is 30.4 Å². The number of nitrogens with zero attached hydrogens (tertiary/aromatic N) is 6. The molecule has 1 atom stereocenters. The fourth-order valence-electron chi connectivity index (χ4n) is 3.78. The number of carbonyl (C=O) groups is 1. The maximum atomic E-state index is 13.8. The first-order chi connectivity index (χ1) is 15.0. The van der Waals surface area contributed by atoms with Gasteiger partial charge in [0.2, 0.25) is 5.95 Å². The van der Waals surface area contributed by atoms with Crippen LogP contribution in [0.2, 0.25) is 0 Å². The molecule has 1 unspecified atom stereocenters. The summed E-state index contributed by atoms with van der Waals surface area (Å²) in [5.41, 5.74) is 3.83. The summed E-state index contributed by atoms with van der Waals surface area (Å²) in [5.74, 6) is 0.424. The number of hydrogen-bond acceptors (Lipinski definition) is 7. The van der Waals surface area contributed by atoms with Crippen molar-refractivity contribution in [3.05, 3.63) is 65.6 Å². The van der Waals surface area contributed by atoms with Gasteiger partial charge in [0.25, 0.3) is 0 Å². The van der Waals surface area contributed by atoms with E-state index < -0.39 is 11.9 Å². The number of anilines is 1. The Morgan fingerprint density at radius 3 is 2.90 bits per heavy atom. The van der Waals surface area contributed by atoms with Crippen molar-refractivity contribution in [2.24, 2.45) is 0 Å². The Kier molecular flexibility index (Phi) is 4.65. The molecule has 0 bridgehead atoms. The van der Waals surface area contributed by atoms with E-state index in [0.717, 1.165) is 23.0 Å². The molecule has 9 heteroatoms. The molecule has 0 saturated carbocycles. The Morgan fingerprint density at radius 2 is 2.10 bits per heavy atom. The first-order valence-corrected chi connectivity index (χ1v) is 10.1. The monoisotopic (exact) mass is 417 g/mol. The van der Waals surface area contributed by atoms with Gasteiger partial charge in [-0.05, 0) is 23.6 Å². The van der Waals surface area contributed by atoms with Gasteiger partial charge in [-0.3, -0.25) is 14.8 Å². The van der Waals surface area contributed by atoms with E-state index in [1.165, 1.54) is 12.3 Å². The van der Waals surface area contributed by atoms with Gasteiger partial charge in [-0.15, -0.1) is 0 Å². The minimum absolute atomic E-state index is 0.0307. The van der Waals surface area contributed by atoms with Crippen molar-refractivity contribution in [2.75, 3.05) is 5.32 Å². The van der Waals surface area contributed by atoms with Crippen molar-refractivity contribution >= 4 is 17.4 Å². The van der Waals surface area contributed by atoms with Gasteiger partial charge in [-0.25, -0.2) is 9.37 Å². The summed E-state index contributed by atoms with van der Waals surface area (Å²) >= 11 is 0. The van der Waals surface area contributed by atoms with Crippen LogP contribution in [0.5, 0.6) is 0 Å². The van der Waals surface area contributed by atoms with Crippen molar-refractivity contribution in [2.45, 2.75) is 38.6 Å². The van der Waals surface area contributed by atoms with E-state index in [0.29, 0.717) is 29.4 Å². The Balaban J connectivity index is 1.60. The minimum atomic E-state index is -0.473. The fourth-order valence-corrected chi connectivity index (χ4v) is 3.78. The zero-order chi connectivity index (χ0) is 21.5. The summed E-state index contributed by atoms with van der Waals surface area (Å²) in [4.78, 5) is 30.2. The number of rotatable bonds is 4. The Hall–Kier alpha value is -3.75. The molecule has 31 heavy (non-hydrogen) atoms. The molecule has 0 spiro atoms. The first-order valence-electron chi connectivity index (χ1n) is 10.1. The van der Waals surface area contributed by atoms with Crippen LogP contribution in [0.1, 0.15) is 36.6 Å². The number of nitrogens with one attached hydrogen (secondary N) is 1. The van der Waals surface area contributed by atoms with Gasteiger partial charge in [0.15, 0.2) is 17.3 Å². The predicted molar refractivity (Wildman–Crippen MR) is 112 cm³/mol. The molecule has 4 heterocycles. The molecule has 1 aliphatic carbocycles. The molecule has 0 saturated heterocycles. The molecule has 0 fully saturated rings. The molecular weight excluding hydrogens is 397 g/mol. The van der Waals surface area contributed by atoms with Crippen molar-refractivity contribution < 1.29 is 9.18 Å². The Morgan fingerprint density at radius 1 is 1.23 bits per heavy atom. The van der Waals surface area contributed by atoms with Crippen LogP contribution in [0.4, 0.5) is 10.3 Å². The fraction of sp³-hybridized carbons (Fsp3) is 0.273. The van der Waals surface area contributed by atoms with Gasteiger partial charge < -0.3 is 5.32 Å². The van der Waals surface area contributed by atoms with Crippen LogP contribution in [0, 0.1) is 5.82 Å². The minimum Gasteiger partial charge on any atom is -0.344 e. The molecule has 0 aromatic carbocycles. The van der Waals surface area contributed by atoms with Crippen molar-refractivity contribution in [1.82, 2.24) is 29.5 Å². The lowest BCUT2D eigenvalue weighted by atomic mass is 9.91. The first kappa shape index (κ1) is 19.2. The zero-order valence-corrected chi connectivity index (χ0v) is 17.1. The van der Waals surface area contributed by atoms with Gasteiger partial charge in [0.1, 0.15) is 5.82 Å². The number of fused-ring (bicyclic) bond motifs is 2. The molecule has 0 radical (unpaired) electrons. The van der Waals surface area contributed by atoms with Crippen LogP contribution >= 0.6 is 0 Å². The molecule has 1 N–H and O–H groups in total. The summed E-state index contributed by atoms with van der Waals surface area (Å²) in [6.07, 6.45) is 6.85. The Bertz CT molecular complexity index is 1300. The van der Waals surface area contributed by atoms with Gasteiger partial charge in [-0.1, -0.05) is 19.9 Å². The summed E-state index contributed by atoms with van der Waals surface area (Å²) in [6, 6.07) is 4.71. The van der Waals surface area contributed by atoms with E-state index in [1.54, 1.807) is 16.9 Å². The number of hydrogen-bond donors (Lipinski definition) is 1. The zero-order valence-electron chi connectivity index (χ0n) is 17.1. The maximum absolute atomic E-state index is 13.8. The number of halogens is 1. The molecule has 4 aromatic rings. The van der Waals surface area contributed by atoms with Gasteiger partial charge in [0, 0.05) is 29.9 Å². The maximum Gasteiger partial charge on any atom is 0.228 e. The summed E-state index contributed by atoms with van der Waals surface area (Å²) in [6.45, 7) is 4.09. The smallest absolute Gasteiger partial charge is 0.228 e.